The fraction of sp³-hybridized carbons (Fsp3) is 0.381. The Kier molecular flexibility index (Phi) is 5.45. The molecule has 0 radical (unpaired) electrons. The molecule has 0 saturated carbocycles. The molecule has 1 fully saturated rings. The monoisotopic (exact) mass is 425 g/mol. The lowest BCUT2D eigenvalue weighted by Gasteiger charge is -2.31. The Morgan fingerprint density at radius 3 is 2.47 bits per heavy atom. The Morgan fingerprint density at radius 1 is 1.13 bits per heavy atom. The third-order valence-corrected chi connectivity index (χ3v) is 7.64. The van der Waals surface area contributed by atoms with Crippen LogP contribution in [0.2, 0.25) is 0 Å². The summed E-state index contributed by atoms with van der Waals surface area (Å²) in [4.78, 5) is 17.4. The van der Waals surface area contributed by atoms with Crippen LogP contribution in [-0.2, 0) is 23.1 Å². The van der Waals surface area contributed by atoms with E-state index in [1.807, 2.05) is 25.1 Å². The van der Waals surface area contributed by atoms with Gasteiger partial charge in [-0.15, -0.1) is 0 Å². The maximum Gasteiger partial charge on any atom is 0.330 e. The lowest BCUT2D eigenvalue weighted by molar-refractivity contribution is 0.252. The zero-order valence-electron chi connectivity index (χ0n) is 16.7. The summed E-state index contributed by atoms with van der Waals surface area (Å²) in [5, 5.41) is 8.89. The Bertz CT molecular complexity index is 1260. The first-order valence-corrected chi connectivity index (χ1v) is 11.4. The van der Waals surface area contributed by atoms with Crippen LogP contribution in [-0.4, -0.2) is 39.9 Å². The van der Waals surface area contributed by atoms with Gasteiger partial charge < -0.3 is 0 Å². The van der Waals surface area contributed by atoms with E-state index in [2.05, 4.69) is 4.98 Å². The Hall–Kier alpha value is -2.96. The molecule has 3 aromatic rings. The molecule has 1 aromatic carbocycles. The van der Waals surface area contributed by atoms with Crippen molar-refractivity contribution in [3.63, 3.8) is 0 Å². The van der Waals surface area contributed by atoms with Crippen LogP contribution >= 0.6 is 0 Å². The summed E-state index contributed by atoms with van der Waals surface area (Å²) in [6.45, 7) is 3.85. The minimum absolute atomic E-state index is 0.0705. The van der Waals surface area contributed by atoms with Crippen LogP contribution in [0.4, 0.5) is 0 Å². The number of rotatable bonds is 5. The molecular weight excluding hydrogens is 402 g/mol. The van der Waals surface area contributed by atoms with E-state index >= 15 is 0 Å². The van der Waals surface area contributed by atoms with Crippen LogP contribution in [0.25, 0.3) is 11.2 Å². The quantitative estimate of drug-likeness (QED) is 0.624. The third kappa shape index (κ3) is 3.53. The van der Waals surface area contributed by atoms with Gasteiger partial charge in [0.2, 0.25) is 10.0 Å². The normalized spacial score (nSPS) is 16.0. The molecule has 1 aliphatic rings. The van der Waals surface area contributed by atoms with Crippen LogP contribution in [0.1, 0.15) is 25.3 Å². The summed E-state index contributed by atoms with van der Waals surface area (Å²) in [5.41, 5.74) is 1.86. The van der Waals surface area contributed by atoms with Gasteiger partial charge >= 0.3 is 5.69 Å². The minimum Gasteiger partial charge on any atom is -0.291 e. The maximum atomic E-state index is 12.9. The highest BCUT2D eigenvalue weighted by Crippen LogP contribution is 2.25. The molecule has 3 heterocycles. The standard InChI is InChI=1S/C21H23N5O3S/c1-2-25-19-4-3-11-23-20(19)26(21(25)27)15-17-9-12-24(13-10-17)30(28,29)18-7-5-16(14-22)6-8-18/h3-8,11,17H,2,9-10,12-13,15H2,1H3. The maximum absolute atomic E-state index is 12.9. The number of aromatic nitrogens is 3. The molecule has 0 unspecified atom stereocenters. The van der Waals surface area contributed by atoms with E-state index in [1.54, 1.807) is 15.3 Å². The van der Waals surface area contributed by atoms with Gasteiger partial charge in [-0.3, -0.25) is 9.13 Å². The van der Waals surface area contributed by atoms with Crippen molar-refractivity contribution in [2.75, 3.05) is 13.1 Å². The molecule has 156 valence electrons. The molecule has 0 atom stereocenters. The van der Waals surface area contributed by atoms with Crippen molar-refractivity contribution in [2.45, 2.75) is 37.8 Å². The van der Waals surface area contributed by atoms with Crippen molar-refractivity contribution in [1.82, 2.24) is 18.4 Å². The molecule has 4 rings (SSSR count). The molecule has 30 heavy (non-hydrogen) atoms. The van der Waals surface area contributed by atoms with E-state index in [-0.39, 0.29) is 16.5 Å². The smallest absolute Gasteiger partial charge is 0.291 e. The van der Waals surface area contributed by atoms with Gasteiger partial charge in [0, 0.05) is 32.4 Å². The first-order chi connectivity index (χ1) is 14.5. The van der Waals surface area contributed by atoms with Crippen molar-refractivity contribution >= 4 is 21.2 Å². The number of pyridine rings is 1. The van der Waals surface area contributed by atoms with Gasteiger partial charge in [-0.2, -0.15) is 9.57 Å². The van der Waals surface area contributed by atoms with E-state index < -0.39 is 10.0 Å². The van der Waals surface area contributed by atoms with Gasteiger partial charge in [0.15, 0.2) is 5.65 Å². The second-order valence-corrected chi connectivity index (χ2v) is 9.41. The second kappa shape index (κ2) is 8.05. The lowest BCUT2D eigenvalue weighted by atomic mass is 9.98. The molecule has 2 aromatic heterocycles. The molecule has 0 amide bonds. The number of fused-ring (bicyclic) bond motifs is 1. The Balaban J connectivity index is 1.49. The SMILES string of the molecule is CCn1c(=O)n(CC2CCN(S(=O)(=O)c3ccc(C#N)cc3)CC2)c2ncccc21. The fourth-order valence-corrected chi connectivity index (χ4v) is 5.53. The number of imidazole rings is 1. The summed E-state index contributed by atoms with van der Waals surface area (Å²) in [7, 11) is -3.59. The number of nitrogens with zero attached hydrogens (tertiary/aromatic N) is 5. The molecule has 9 heteroatoms. The van der Waals surface area contributed by atoms with Crippen LogP contribution in [0.3, 0.4) is 0 Å². The number of piperidine rings is 1. The fourth-order valence-electron chi connectivity index (χ4n) is 4.06. The van der Waals surface area contributed by atoms with Crippen LogP contribution in [0, 0.1) is 17.2 Å². The molecule has 8 nitrogen and oxygen atoms in total. The molecule has 0 aliphatic carbocycles. The van der Waals surface area contributed by atoms with Gasteiger partial charge in [0.25, 0.3) is 0 Å². The predicted molar refractivity (Wildman–Crippen MR) is 112 cm³/mol. The average Bonchev–Trinajstić information content (AvgIpc) is 3.05. The van der Waals surface area contributed by atoms with E-state index in [9.17, 15) is 13.2 Å². The molecule has 0 bridgehead atoms. The summed E-state index contributed by atoms with van der Waals surface area (Å²) >= 11 is 0. The van der Waals surface area contributed by atoms with Crippen molar-refractivity contribution in [2.24, 2.45) is 5.92 Å². The van der Waals surface area contributed by atoms with Crippen LogP contribution < -0.4 is 5.69 Å². The molecule has 1 aliphatic heterocycles. The van der Waals surface area contributed by atoms with Crippen molar-refractivity contribution in [3.05, 3.63) is 58.6 Å². The van der Waals surface area contributed by atoms with Gasteiger partial charge in [0.1, 0.15) is 0 Å². The Morgan fingerprint density at radius 2 is 1.83 bits per heavy atom. The summed E-state index contributed by atoms with van der Waals surface area (Å²) in [6, 6.07) is 11.7. The van der Waals surface area contributed by atoms with Gasteiger partial charge in [-0.05, 0) is 62.1 Å². The van der Waals surface area contributed by atoms with Crippen molar-refractivity contribution in [1.29, 1.82) is 5.26 Å². The second-order valence-electron chi connectivity index (χ2n) is 7.47. The molecule has 0 spiro atoms. The number of aryl methyl sites for hydroxylation is 1. The van der Waals surface area contributed by atoms with Gasteiger partial charge in [-0.1, -0.05) is 0 Å². The highest BCUT2D eigenvalue weighted by molar-refractivity contribution is 7.89. The zero-order chi connectivity index (χ0) is 21.3. The molecular formula is C21H23N5O3S. The highest BCUT2D eigenvalue weighted by atomic mass is 32.2. The number of benzene rings is 1. The van der Waals surface area contributed by atoms with Crippen LogP contribution in [0.5, 0.6) is 0 Å². The third-order valence-electron chi connectivity index (χ3n) is 5.73. The number of hydrogen-bond donors (Lipinski definition) is 0. The van der Waals surface area contributed by atoms with Crippen LogP contribution in [0.15, 0.2) is 52.3 Å². The van der Waals surface area contributed by atoms with Crippen molar-refractivity contribution in [3.8, 4) is 6.07 Å². The average molecular weight is 426 g/mol. The first kappa shape index (κ1) is 20.3. The van der Waals surface area contributed by atoms with E-state index in [0.717, 1.165) is 5.52 Å². The Labute approximate surface area is 175 Å². The van der Waals surface area contributed by atoms with E-state index in [0.29, 0.717) is 50.2 Å². The molecule has 0 N–H and O–H groups in total. The summed E-state index contributed by atoms with van der Waals surface area (Å²) in [6.07, 6.45) is 3.03. The minimum atomic E-state index is -3.59. The van der Waals surface area contributed by atoms with Gasteiger partial charge in [0.05, 0.1) is 22.0 Å². The number of sulfonamides is 1. The topological polar surface area (TPSA) is 101 Å². The number of nitriles is 1. The van der Waals surface area contributed by atoms with Crippen molar-refractivity contribution < 1.29 is 8.42 Å². The lowest BCUT2D eigenvalue weighted by Crippen LogP contribution is -2.40. The molecule has 1 saturated heterocycles. The van der Waals surface area contributed by atoms with E-state index in [4.69, 9.17) is 5.26 Å². The van der Waals surface area contributed by atoms with E-state index in [1.165, 1.54) is 28.6 Å². The summed E-state index contributed by atoms with van der Waals surface area (Å²) < 4.78 is 30.7. The zero-order valence-corrected chi connectivity index (χ0v) is 17.5. The predicted octanol–water partition coefficient (Wildman–Crippen LogP) is 2.19. The van der Waals surface area contributed by atoms with Gasteiger partial charge in [-0.25, -0.2) is 18.2 Å². The summed E-state index contributed by atoms with van der Waals surface area (Å²) in [5.74, 6) is 0.202. The number of hydrogen-bond acceptors (Lipinski definition) is 5. The largest absolute Gasteiger partial charge is 0.330 e. The first-order valence-electron chi connectivity index (χ1n) is 10.00. The highest BCUT2D eigenvalue weighted by Gasteiger charge is 2.30.